The Balaban J connectivity index is 2.42. The van der Waals surface area contributed by atoms with Gasteiger partial charge in [0.1, 0.15) is 18.2 Å². The van der Waals surface area contributed by atoms with Crippen LogP contribution in [-0.2, 0) is 25.5 Å². The number of carbonyl (C=O) groups excluding carboxylic acids is 2. The maximum Gasteiger partial charge on any atom is 0.323 e. The van der Waals surface area contributed by atoms with Gasteiger partial charge in [-0.25, -0.2) is 0 Å². The highest BCUT2D eigenvalue weighted by molar-refractivity contribution is 5.76. The molecule has 0 aromatic heterocycles. The molecule has 0 aliphatic carbocycles. The second-order valence-electron chi connectivity index (χ2n) is 6.78. The van der Waals surface area contributed by atoms with Gasteiger partial charge >= 0.3 is 11.9 Å². The Morgan fingerprint density at radius 1 is 1.04 bits per heavy atom. The molecule has 0 saturated carbocycles. The standard InChI is InChI=1S/C20H31NO6/c1-4-5-6-7-8-19(24)26-13(2)14(3)27-20(25)16(21)11-15-9-10-17(22)18(23)12-15/h9-10,12-14,16,22-23H,4-8,11,21H2,1-3H3/t13?,14-,16+/m1/s1. The molecule has 0 radical (unpaired) electrons. The highest BCUT2D eigenvalue weighted by Gasteiger charge is 2.24. The first-order valence-electron chi connectivity index (χ1n) is 9.41. The van der Waals surface area contributed by atoms with Crippen molar-refractivity contribution in [3.05, 3.63) is 23.8 Å². The lowest BCUT2D eigenvalue weighted by Crippen LogP contribution is -2.39. The van der Waals surface area contributed by atoms with Gasteiger partial charge < -0.3 is 25.4 Å². The number of esters is 2. The van der Waals surface area contributed by atoms with Crippen molar-refractivity contribution < 1.29 is 29.3 Å². The number of hydrogen-bond acceptors (Lipinski definition) is 7. The van der Waals surface area contributed by atoms with Crippen molar-refractivity contribution in [2.24, 2.45) is 5.73 Å². The number of hydrogen-bond donors (Lipinski definition) is 3. The van der Waals surface area contributed by atoms with Gasteiger partial charge in [0.2, 0.25) is 0 Å². The van der Waals surface area contributed by atoms with E-state index in [0.717, 1.165) is 25.7 Å². The summed E-state index contributed by atoms with van der Waals surface area (Å²) >= 11 is 0. The molecular formula is C20H31NO6. The summed E-state index contributed by atoms with van der Waals surface area (Å²) in [4.78, 5) is 24.0. The molecule has 0 aliphatic rings. The predicted molar refractivity (Wildman–Crippen MR) is 101 cm³/mol. The van der Waals surface area contributed by atoms with Crippen LogP contribution in [0.2, 0.25) is 0 Å². The van der Waals surface area contributed by atoms with E-state index in [9.17, 15) is 19.8 Å². The van der Waals surface area contributed by atoms with E-state index in [1.165, 1.54) is 12.1 Å². The van der Waals surface area contributed by atoms with E-state index in [4.69, 9.17) is 15.2 Å². The largest absolute Gasteiger partial charge is 0.504 e. The third kappa shape index (κ3) is 8.30. The van der Waals surface area contributed by atoms with Gasteiger partial charge in [0.15, 0.2) is 11.5 Å². The van der Waals surface area contributed by atoms with E-state index in [0.29, 0.717) is 12.0 Å². The molecule has 1 rings (SSSR count). The van der Waals surface area contributed by atoms with Gasteiger partial charge in [0.25, 0.3) is 0 Å². The average Bonchev–Trinajstić information content (AvgIpc) is 2.61. The Kier molecular flexibility index (Phi) is 9.64. The lowest BCUT2D eigenvalue weighted by atomic mass is 10.1. The third-order valence-corrected chi connectivity index (χ3v) is 4.31. The predicted octanol–water partition coefficient (Wildman–Crippen LogP) is 2.80. The van der Waals surface area contributed by atoms with E-state index in [2.05, 4.69) is 6.92 Å². The summed E-state index contributed by atoms with van der Waals surface area (Å²) in [6.45, 7) is 5.42. The van der Waals surface area contributed by atoms with Crippen molar-refractivity contribution in [2.45, 2.75) is 77.5 Å². The summed E-state index contributed by atoms with van der Waals surface area (Å²) in [6.07, 6.45) is 3.27. The number of benzene rings is 1. The van der Waals surface area contributed by atoms with E-state index in [1.807, 2.05) is 0 Å². The van der Waals surface area contributed by atoms with E-state index < -0.39 is 24.2 Å². The maximum absolute atomic E-state index is 12.1. The van der Waals surface area contributed by atoms with Gasteiger partial charge in [0, 0.05) is 6.42 Å². The summed E-state index contributed by atoms with van der Waals surface area (Å²) in [5.74, 6) is -1.44. The van der Waals surface area contributed by atoms with Gasteiger partial charge in [0.05, 0.1) is 0 Å². The summed E-state index contributed by atoms with van der Waals surface area (Å²) in [5, 5.41) is 18.8. The molecule has 0 saturated heterocycles. The van der Waals surface area contributed by atoms with E-state index in [-0.39, 0.29) is 23.9 Å². The molecule has 1 unspecified atom stereocenters. The Labute approximate surface area is 160 Å². The number of phenols is 2. The minimum absolute atomic E-state index is 0.144. The Bertz CT molecular complexity index is 618. The highest BCUT2D eigenvalue weighted by Crippen LogP contribution is 2.25. The van der Waals surface area contributed by atoms with Crippen molar-refractivity contribution in [1.82, 2.24) is 0 Å². The number of carbonyl (C=O) groups is 2. The minimum Gasteiger partial charge on any atom is -0.504 e. The second kappa shape index (κ2) is 11.4. The zero-order chi connectivity index (χ0) is 20.4. The third-order valence-electron chi connectivity index (χ3n) is 4.31. The van der Waals surface area contributed by atoms with Gasteiger partial charge in [-0.3, -0.25) is 9.59 Å². The smallest absolute Gasteiger partial charge is 0.323 e. The molecule has 1 aromatic rings. The van der Waals surface area contributed by atoms with Crippen LogP contribution in [0.3, 0.4) is 0 Å². The van der Waals surface area contributed by atoms with Crippen LogP contribution in [0.25, 0.3) is 0 Å². The molecule has 0 fully saturated rings. The highest BCUT2D eigenvalue weighted by atomic mass is 16.6. The number of phenolic OH excluding ortho intramolecular Hbond substituents is 2. The van der Waals surface area contributed by atoms with Gasteiger partial charge in [-0.15, -0.1) is 0 Å². The van der Waals surface area contributed by atoms with Crippen LogP contribution in [0.5, 0.6) is 11.5 Å². The lowest BCUT2D eigenvalue weighted by Gasteiger charge is -2.22. The van der Waals surface area contributed by atoms with Crippen molar-refractivity contribution >= 4 is 11.9 Å². The number of rotatable bonds is 11. The van der Waals surface area contributed by atoms with Crippen LogP contribution >= 0.6 is 0 Å². The second-order valence-corrected chi connectivity index (χ2v) is 6.78. The van der Waals surface area contributed by atoms with Crippen LogP contribution < -0.4 is 5.73 Å². The Morgan fingerprint density at radius 2 is 1.70 bits per heavy atom. The first-order chi connectivity index (χ1) is 12.7. The Morgan fingerprint density at radius 3 is 2.33 bits per heavy atom. The van der Waals surface area contributed by atoms with E-state index in [1.54, 1.807) is 19.9 Å². The van der Waals surface area contributed by atoms with Gasteiger partial charge in [-0.05, 0) is 44.4 Å². The van der Waals surface area contributed by atoms with Crippen molar-refractivity contribution in [3.63, 3.8) is 0 Å². The molecule has 0 heterocycles. The average molecular weight is 381 g/mol. The van der Waals surface area contributed by atoms with Crippen LogP contribution in [0, 0.1) is 0 Å². The quantitative estimate of drug-likeness (QED) is 0.306. The SMILES string of the molecule is CCCCCCC(=O)OC(C)[C@@H](C)OC(=O)[C@@H](N)Cc1ccc(O)c(O)c1. The fourth-order valence-electron chi connectivity index (χ4n) is 2.46. The molecule has 3 atom stereocenters. The van der Waals surface area contributed by atoms with Crippen LogP contribution in [0.1, 0.15) is 58.4 Å². The fourth-order valence-corrected chi connectivity index (χ4v) is 2.46. The fraction of sp³-hybridized carbons (Fsp3) is 0.600. The molecule has 27 heavy (non-hydrogen) atoms. The molecule has 0 bridgehead atoms. The molecule has 4 N–H and O–H groups in total. The molecule has 0 spiro atoms. The normalized spacial score (nSPS) is 14.2. The topological polar surface area (TPSA) is 119 Å². The number of aromatic hydroxyl groups is 2. The summed E-state index contributed by atoms with van der Waals surface area (Å²) in [6, 6.07) is 3.30. The maximum atomic E-state index is 12.1. The van der Waals surface area contributed by atoms with Crippen LogP contribution in [-0.4, -0.2) is 40.4 Å². The van der Waals surface area contributed by atoms with Gasteiger partial charge in [-0.1, -0.05) is 32.3 Å². The summed E-state index contributed by atoms with van der Waals surface area (Å²) in [5.41, 5.74) is 6.45. The van der Waals surface area contributed by atoms with Crippen molar-refractivity contribution in [1.29, 1.82) is 0 Å². The molecule has 152 valence electrons. The number of unbranched alkanes of at least 4 members (excludes halogenated alkanes) is 3. The van der Waals surface area contributed by atoms with Crippen molar-refractivity contribution in [3.8, 4) is 11.5 Å². The van der Waals surface area contributed by atoms with E-state index >= 15 is 0 Å². The van der Waals surface area contributed by atoms with Crippen LogP contribution in [0.4, 0.5) is 0 Å². The monoisotopic (exact) mass is 381 g/mol. The zero-order valence-electron chi connectivity index (χ0n) is 16.3. The molecule has 7 heteroatoms. The van der Waals surface area contributed by atoms with Gasteiger partial charge in [-0.2, -0.15) is 0 Å². The Hall–Kier alpha value is -2.28. The van der Waals surface area contributed by atoms with Crippen molar-refractivity contribution in [2.75, 3.05) is 0 Å². The molecule has 0 amide bonds. The molecular weight excluding hydrogens is 350 g/mol. The summed E-state index contributed by atoms with van der Waals surface area (Å²) in [7, 11) is 0. The summed E-state index contributed by atoms with van der Waals surface area (Å²) < 4.78 is 10.6. The first kappa shape index (κ1) is 22.8. The lowest BCUT2D eigenvalue weighted by molar-refractivity contribution is -0.166. The first-order valence-corrected chi connectivity index (χ1v) is 9.41. The molecule has 1 aromatic carbocycles. The van der Waals surface area contributed by atoms with Crippen LogP contribution in [0.15, 0.2) is 18.2 Å². The minimum atomic E-state index is -0.937. The number of ether oxygens (including phenoxy) is 2. The molecule has 0 aliphatic heterocycles. The molecule has 7 nitrogen and oxygen atoms in total. The zero-order valence-corrected chi connectivity index (χ0v) is 16.3. The number of nitrogens with two attached hydrogens (primary N) is 1.